The van der Waals surface area contributed by atoms with Crippen LogP contribution in [0, 0.1) is 5.92 Å². The molecule has 1 aromatic heterocycles. The molecule has 2 aliphatic heterocycles. The Hall–Kier alpha value is -2.95. The molecule has 3 heterocycles. The van der Waals surface area contributed by atoms with Crippen molar-refractivity contribution in [3.63, 3.8) is 0 Å². The number of carbonyl (C=O) groups is 1. The fraction of sp³-hybridized carbons (Fsp3) is 0.385. The zero-order valence-electron chi connectivity index (χ0n) is 20.1. The smallest absolute Gasteiger partial charge is 0.243 e. The standard InChI is InChI=1S/C26H29N3O5S2/c1-18-9-11-29(12-10-18)36(31,32)21-6-3-19(4-7-21)23(30)16-27-26-28-22(17-35-26)20-5-8-24-25(15-20)34-14-2-13-33-24/h3-8,15,17-18H,2,9-14,16H2,1H3,(H,27,28). The molecular weight excluding hydrogens is 498 g/mol. The molecule has 5 rings (SSSR count). The number of benzene rings is 2. The molecule has 0 saturated carbocycles. The zero-order chi connectivity index (χ0) is 25.1. The molecule has 8 nitrogen and oxygen atoms in total. The zero-order valence-corrected chi connectivity index (χ0v) is 21.7. The molecule has 0 atom stereocenters. The number of ether oxygens (including phenoxy) is 2. The Morgan fingerprint density at radius 3 is 2.56 bits per heavy atom. The quantitative estimate of drug-likeness (QED) is 0.445. The van der Waals surface area contributed by atoms with E-state index in [-0.39, 0.29) is 17.2 Å². The van der Waals surface area contributed by atoms with E-state index in [1.54, 1.807) is 12.1 Å². The number of sulfonamides is 1. The number of carbonyl (C=O) groups excluding carboxylic acids is 1. The Kier molecular flexibility index (Phi) is 7.27. The van der Waals surface area contributed by atoms with Crippen LogP contribution in [0.3, 0.4) is 0 Å². The molecular formula is C26H29N3O5S2. The van der Waals surface area contributed by atoms with Gasteiger partial charge in [0.05, 0.1) is 30.3 Å². The number of hydrogen-bond acceptors (Lipinski definition) is 8. The van der Waals surface area contributed by atoms with Gasteiger partial charge in [-0.25, -0.2) is 13.4 Å². The predicted octanol–water partition coefficient (Wildman–Crippen LogP) is 4.69. The van der Waals surface area contributed by atoms with E-state index in [2.05, 4.69) is 17.2 Å². The van der Waals surface area contributed by atoms with Crippen LogP contribution in [0.15, 0.2) is 52.7 Å². The minimum atomic E-state index is -3.53. The number of Topliss-reactive ketones (excluding diaryl/α,β-unsaturated/α-hetero) is 1. The van der Waals surface area contributed by atoms with Gasteiger partial charge >= 0.3 is 0 Å². The number of rotatable bonds is 7. The number of nitrogens with one attached hydrogen (secondary N) is 1. The molecule has 1 fully saturated rings. The van der Waals surface area contributed by atoms with Crippen LogP contribution in [0.1, 0.15) is 36.5 Å². The first kappa shape index (κ1) is 24.7. The van der Waals surface area contributed by atoms with Crippen molar-refractivity contribution in [1.29, 1.82) is 0 Å². The number of anilines is 1. The van der Waals surface area contributed by atoms with E-state index in [1.165, 1.54) is 27.8 Å². The van der Waals surface area contributed by atoms with E-state index < -0.39 is 10.0 Å². The number of thiazole rings is 1. The highest BCUT2D eigenvalue weighted by Gasteiger charge is 2.28. The highest BCUT2D eigenvalue weighted by atomic mass is 32.2. The lowest BCUT2D eigenvalue weighted by Gasteiger charge is -2.29. The summed E-state index contributed by atoms with van der Waals surface area (Å²) in [6, 6.07) is 11.9. The summed E-state index contributed by atoms with van der Waals surface area (Å²) in [7, 11) is -3.53. The first-order chi connectivity index (χ1) is 17.4. The van der Waals surface area contributed by atoms with Crippen molar-refractivity contribution in [1.82, 2.24) is 9.29 Å². The van der Waals surface area contributed by atoms with Gasteiger partial charge in [-0.15, -0.1) is 11.3 Å². The summed E-state index contributed by atoms with van der Waals surface area (Å²) < 4.78 is 38.8. The molecule has 2 aromatic carbocycles. The van der Waals surface area contributed by atoms with Crippen LogP contribution in [0.5, 0.6) is 11.5 Å². The monoisotopic (exact) mass is 527 g/mol. The van der Waals surface area contributed by atoms with Gasteiger partial charge in [0, 0.05) is 36.0 Å². The Morgan fingerprint density at radius 2 is 1.81 bits per heavy atom. The number of hydrogen-bond donors (Lipinski definition) is 1. The summed E-state index contributed by atoms with van der Waals surface area (Å²) in [5.41, 5.74) is 2.15. The van der Waals surface area contributed by atoms with Crippen molar-refractivity contribution in [3.8, 4) is 22.8 Å². The molecule has 0 amide bonds. The van der Waals surface area contributed by atoms with Gasteiger partial charge in [0.25, 0.3) is 0 Å². The lowest BCUT2D eigenvalue weighted by atomic mass is 10.0. The molecule has 190 valence electrons. The fourth-order valence-electron chi connectivity index (χ4n) is 4.26. The second kappa shape index (κ2) is 10.6. The Labute approximate surface area is 215 Å². The van der Waals surface area contributed by atoms with Crippen LogP contribution >= 0.6 is 11.3 Å². The van der Waals surface area contributed by atoms with Gasteiger partial charge in [0.2, 0.25) is 10.0 Å². The van der Waals surface area contributed by atoms with Gasteiger partial charge in [-0.3, -0.25) is 4.79 Å². The van der Waals surface area contributed by atoms with Gasteiger partial charge in [-0.1, -0.05) is 6.92 Å². The van der Waals surface area contributed by atoms with Gasteiger partial charge in [0.1, 0.15) is 0 Å². The fourth-order valence-corrected chi connectivity index (χ4v) is 6.44. The SMILES string of the molecule is CC1CCN(S(=O)(=O)c2ccc(C(=O)CNc3nc(-c4ccc5c(c4)OCCCO5)cs3)cc2)CC1. The minimum absolute atomic E-state index is 0.0597. The average Bonchev–Trinajstić information content (AvgIpc) is 3.24. The molecule has 1 N–H and O–H groups in total. The summed E-state index contributed by atoms with van der Waals surface area (Å²) in [4.78, 5) is 17.5. The van der Waals surface area contributed by atoms with Crippen molar-refractivity contribution in [2.75, 3.05) is 38.2 Å². The molecule has 1 saturated heterocycles. The molecule has 0 spiro atoms. The maximum Gasteiger partial charge on any atom is 0.243 e. The summed E-state index contributed by atoms with van der Waals surface area (Å²) >= 11 is 1.41. The molecule has 0 aliphatic carbocycles. The Bertz CT molecular complexity index is 1330. The molecule has 0 bridgehead atoms. The van der Waals surface area contributed by atoms with Gasteiger partial charge in [-0.05, 0) is 61.2 Å². The average molecular weight is 528 g/mol. The second-order valence-corrected chi connectivity index (χ2v) is 11.9. The summed E-state index contributed by atoms with van der Waals surface area (Å²) in [6.07, 6.45) is 2.59. The Morgan fingerprint density at radius 1 is 1.08 bits per heavy atom. The van der Waals surface area contributed by atoms with Crippen molar-refractivity contribution >= 4 is 32.3 Å². The van der Waals surface area contributed by atoms with Gasteiger partial charge in [-0.2, -0.15) is 4.31 Å². The van der Waals surface area contributed by atoms with Crippen LogP contribution in [0.4, 0.5) is 5.13 Å². The van der Waals surface area contributed by atoms with Crippen LogP contribution in [-0.2, 0) is 10.0 Å². The van der Waals surface area contributed by atoms with Gasteiger partial charge in [0.15, 0.2) is 22.4 Å². The van der Waals surface area contributed by atoms with Crippen molar-refractivity contribution < 1.29 is 22.7 Å². The van der Waals surface area contributed by atoms with Crippen LogP contribution < -0.4 is 14.8 Å². The number of nitrogens with zero attached hydrogens (tertiary/aromatic N) is 2. The van der Waals surface area contributed by atoms with Crippen molar-refractivity contribution in [3.05, 3.63) is 53.4 Å². The highest BCUT2D eigenvalue weighted by molar-refractivity contribution is 7.89. The number of fused-ring (bicyclic) bond motifs is 1. The van der Waals surface area contributed by atoms with Gasteiger partial charge < -0.3 is 14.8 Å². The molecule has 3 aromatic rings. The minimum Gasteiger partial charge on any atom is -0.490 e. The summed E-state index contributed by atoms with van der Waals surface area (Å²) in [6.45, 7) is 4.54. The third kappa shape index (κ3) is 5.40. The lowest BCUT2D eigenvalue weighted by molar-refractivity contribution is 0.101. The lowest BCUT2D eigenvalue weighted by Crippen LogP contribution is -2.37. The van der Waals surface area contributed by atoms with E-state index in [9.17, 15) is 13.2 Å². The maximum atomic E-state index is 12.9. The summed E-state index contributed by atoms with van der Waals surface area (Å²) in [5, 5.41) is 5.63. The molecule has 0 unspecified atom stereocenters. The maximum absolute atomic E-state index is 12.9. The van der Waals surface area contributed by atoms with Crippen LogP contribution in [0.2, 0.25) is 0 Å². The number of piperidine rings is 1. The Balaban J connectivity index is 1.20. The van der Waals surface area contributed by atoms with E-state index in [0.29, 0.717) is 48.7 Å². The summed E-state index contributed by atoms with van der Waals surface area (Å²) in [5.74, 6) is 1.85. The van der Waals surface area contributed by atoms with Crippen LogP contribution in [0.25, 0.3) is 11.3 Å². The molecule has 36 heavy (non-hydrogen) atoms. The molecule has 10 heteroatoms. The largest absolute Gasteiger partial charge is 0.490 e. The number of ketones is 1. The first-order valence-electron chi connectivity index (χ1n) is 12.1. The highest BCUT2D eigenvalue weighted by Crippen LogP contribution is 2.35. The molecule has 2 aliphatic rings. The predicted molar refractivity (Wildman–Crippen MR) is 140 cm³/mol. The van der Waals surface area contributed by atoms with E-state index in [1.807, 2.05) is 23.6 Å². The van der Waals surface area contributed by atoms with E-state index in [4.69, 9.17) is 9.47 Å². The van der Waals surface area contributed by atoms with Crippen molar-refractivity contribution in [2.45, 2.75) is 31.1 Å². The second-order valence-electron chi connectivity index (χ2n) is 9.14. The van der Waals surface area contributed by atoms with Crippen molar-refractivity contribution in [2.24, 2.45) is 5.92 Å². The normalized spacial score (nSPS) is 16.9. The first-order valence-corrected chi connectivity index (χ1v) is 14.4. The topological polar surface area (TPSA) is 97.8 Å². The van der Waals surface area contributed by atoms with Crippen LogP contribution in [-0.4, -0.2) is 56.3 Å². The third-order valence-electron chi connectivity index (χ3n) is 6.50. The number of aromatic nitrogens is 1. The third-order valence-corrected chi connectivity index (χ3v) is 9.22. The van der Waals surface area contributed by atoms with E-state index >= 15 is 0 Å². The van der Waals surface area contributed by atoms with E-state index in [0.717, 1.165) is 36.3 Å². The molecule has 0 radical (unpaired) electrons.